The van der Waals surface area contributed by atoms with Gasteiger partial charge in [0.15, 0.2) is 0 Å². The van der Waals surface area contributed by atoms with Crippen LogP contribution in [0.15, 0.2) is 27.8 Å². The Balaban J connectivity index is 1.97. The molecule has 1 fully saturated rings. The summed E-state index contributed by atoms with van der Waals surface area (Å²) in [6, 6.07) is 4.71. The standard InChI is InChI=1S/C17H22N4O3/c1-3-21-15(23)12-7-4-10(8-13(12)19-16(21)24)14(22)20-17(2,9-18)11-5-6-11/h4,7-8,11H,3,5-6,9,18H2,1-2H3,(H,19,24)(H,20,22). The number of hydrogen-bond acceptors (Lipinski definition) is 4. The quantitative estimate of drug-likeness (QED) is 0.744. The summed E-state index contributed by atoms with van der Waals surface area (Å²) in [5.74, 6) is 0.153. The molecular weight excluding hydrogens is 308 g/mol. The van der Waals surface area contributed by atoms with E-state index in [0.29, 0.717) is 35.5 Å². The molecule has 1 unspecified atom stereocenters. The predicted octanol–water partition coefficient (Wildman–Crippen LogP) is 0.567. The number of carbonyl (C=O) groups excluding carboxylic acids is 1. The Morgan fingerprint density at radius 3 is 2.71 bits per heavy atom. The number of nitrogens with zero attached hydrogens (tertiary/aromatic N) is 1. The van der Waals surface area contributed by atoms with Crippen molar-refractivity contribution in [2.75, 3.05) is 6.54 Å². The van der Waals surface area contributed by atoms with Gasteiger partial charge in [0.1, 0.15) is 0 Å². The molecule has 7 nitrogen and oxygen atoms in total. The minimum Gasteiger partial charge on any atom is -0.345 e. The second-order valence-electron chi connectivity index (χ2n) is 6.59. The summed E-state index contributed by atoms with van der Waals surface area (Å²) >= 11 is 0. The highest BCUT2D eigenvalue weighted by molar-refractivity contribution is 5.98. The van der Waals surface area contributed by atoms with Crippen LogP contribution in [-0.2, 0) is 6.54 Å². The summed E-state index contributed by atoms with van der Waals surface area (Å²) in [5.41, 5.74) is 5.34. The minimum absolute atomic E-state index is 0.253. The van der Waals surface area contributed by atoms with Crippen molar-refractivity contribution in [3.05, 3.63) is 44.6 Å². The van der Waals surface area contributed by atoms with E-state index in [-0.39, 0.29) is 11.5 Å². The van der Waals surface area contributed by atoms with Crippen molar-refractivity contribution in [1.29, 1.82) is 0 Å². The Kier molecular flexibility index (Phi) is 4.04. The first-order valence-electron chi connectivity index (χ1n) is 8.19. The third-order valence-corrected chi connectivity index (χ3v) is 4.86. The summed E-state index contributed by atoms with van der Waals surface area (Å²) in [6.07, 6.45) is 2.13. The Bertz CT molecular complexity index is 910. The zero-order chi connectivity index (χ0) is 17.5. The van der Waals surface area contributed by atoms with Gasteiger partial charge in [-0.15, -0.1) is 0 Å². The molecule has 128 valence electrons. The van der Waals surface area contributed by atoms with Crippen molar-refractivity contribution < 1.29 is 4.79 Å². The molecule has 2 aromatic rings. The molecule has 1 saturated carbocycles. The maximum atomic E-state index is 12.5. The van der Waals surface area contributed by atoms with Crippen molar-refractivity contribution in [3.8, 4) is 0 Å². The van der Waals surface area contributed by atoms with Gasteiger partial charge in [-0.2, -0.15) is 0 Å². The van der Waals surface area contributed by atoms with Gasteiger partial charge < -0.3 is 16.0 Å². The molecular formula is C17H22N4O3. The SMILES string of the molecule is CCn1c(=O)[nH]c2cc(C(=O)NC(C)(CN)C3CC3)ccc2c1=O. The van der Waals surface area contributed by atoms with Crippen LogP contribution in [0.5, 0.6) is 0 Å². The summed E-state index contributed by atoms with van der Waals surface area (Å²) in [6.45, 7) is 4.35. The van der Waals surface area contributed by atoms with E-state index in [9.17, 15) is 14.4 Å². The highest BCUT2D eigenvalue weighted by atomic mass is 16.2. The Morgan fingerprint density at radius 2 is 2.12 bits per heavy atom. The number of rotatable bonds is 5. The minimum atomic E-state index is -0.475. The summed E-state index contributed by atoms with van der Waals surface area (Å²) in [7, 11) is 0. The molecule has 1 heterocycles. The molecule has 24 heavy (non-hydrogen) atoms. The number of amides is 1. The number of aromatic nitrogens is 2. The van der Waals surface area contributed by atoms with E-state index in [1.165, 1.54) is 6.07 Å². The number of nitrogens with two attached hydrogens (primary N) is 1. The number of benzene rings is 1. The Hall–Kier alpha value is -2.41. The highest BCUT2D eigenvalue weighted by Crippen LogP contribution is 2.39. The topological polar surface area (TPSA) is 110 Å². The van der Waals surface area contributed by atoms with Crippen molar-refractivity contribution in [3.63, 3.8) is 0 Å². The zero-order valence-corrected chi connectivity index (χ0v) is 13.9. The number of aromatic amines is 1. The lowest BCUT2D eigenvalue weighted by molar-refractivity contribution is 0.0898. The van der Waals surface area contributed by atoms with Gasteiger partial charge in [-0.1, -0.05) is 0 Å². The molecule has 1 aromatic heterocycles. The van der Waals surface area contributed by atoms with Crippen molar-refractivity contribution in [2.24, 2.45) is 11.7 Å². The van der Waals surface area contributed by atoms with E-state index in [2.05, 4.69) is 10.3 Å². The number of fused-ring (bicyclic) bond motifs is 1. The van der Waals surface area contributed by atoms with E-state index in [4.69, 9.17) is 5.73 Å². The molecule has 7 heteroatoms. The fourth-order valence-electron chi connectivity index (χ4n) is 3.05. The van der Waals surface area contributed by atoms with Gasteiger partial charge in [-0.25, -0.2) is 4.79 Å². The van der Waals surface area contributed by atoms with E-state index in [0.717, 1.165) is 17.4 Å². The van der Waals surface area contributed by atoms with Crippen LogP contribution >= 0.6 is 0 Å². The van der Waals surface area contributed by atoms with Gasteiger partial charge in [0.2, 0.25) is 0 Å². The van der Waals surface area contributed by atoms with Crippen LogP contribution in [0.1, 0.15) is 37.0 Å². The van der Waals surface area contributed by atoms with Crippen LogP contribution in [0.2, 0.25) is 0 Å². The average Bonchev–Trinajstić information content (AvgIpc) is 3.40. The average molecular weight is 330 g/mol. The van der Waals surface area contributed by atoms with Crippen LogP contribution in [0.4, 0.5) is 0 Å². The third-order valence-electron chi connectivity index (χ3n) is 4.86. The van der Waals surface area contributed by atoms with Crippen LogP contribution in [0.25, 0.3) is 10.9 Å². The lowest BCUT2D eigenvalue weighted by Gasteiger charge is -2.29. The lowest BCUT2D eigenvalue weighted by Crippen LogP contribution is -2.53. The highest BCUT2D eigenvalue weighted by Gasteiger charge is 2.41. The largest absolute Gasteiger partial charge is 0.345 e. The van der Waals surface area contributed by atoms with Gasteiger partial charge in [-0.3, -0.25) is 14.2 Å². The van der Waals surface area contributed by atoms with E-state index >= 15 is 0 Å². The second-order valence-corrected chi connectivity index (χ2v) is 6.59. The molecule has 1 amide bonds. The fourth-order valence-corrected chi connectivity index (χ4v) is 3.05. The molecule has 0 bridgehead atoms. The lowest BCUT2D eigenvalue weighted by atomic mass is 9.95. The number of H-pyrrole nitrogens is 1. The Morgan fingerprint density at radius 1 is 1.42 bits per heavy atom. The normalized spacial score (nSPS) is 16.8. The third kappa shape index (κ3) is 2.75. The first-order chi connectivity index (χ1) is 11.4. The first kappa shape index (κ1) is 16.4. The molecule has 3 rings (SSSR count). The summed E-state index contributed by atoms with van der Waals surface area (Å²) in [5, 5.41) is 3.38. The van der Waals surface area contributed by atoms with Crippen molar-refractivity contribution in [2.45, 2.75) is 38.8 Å². The van der Waals surface area contributed by atoms with Gasteiger partial charge in [0, 0.05) is 18.7 Å². The second kappa shape index (κ2) is 5.90. The number of hydrogen-bond donors (Lipinski definition) is 3. The zero-order valence-electron chi connectivity index (χ0n) is 13.9. The maximum absolute atomic E-state index is 12.5. The van der Waals surface area contributed by atoms with E-state index < -0.39 is 11.2 Å². The molecule has 1 aromatic carbocycles. The fraction of sp³-hybridized carbons (Fsp3) is 0.471. The molecule has 1 atom stereocenters. The van der Waals surface area contributed by atoms with Gasteiger partial charge in [-0.05, 0) is 50.8 Å². The predicted molar refractivity (Wildman–Crippen MR) is 92.2 cm³/mol. The summed E-state index contributed by atoms with van der Waals surface area (Å²) in [4.78, 5) is 39.4. The number of carbonyl (C=O) groups is 1. The Labute approximate surface area is 138 Å². The van der Waals surface area contributed by atoms with Crippen molar-refractivity contribution >= 4 is 16.8 Å². The van der Waals surface area contributed by atoms with Crippen LogP contribution < -0.4 is 22.3 Å². The van der Waals surface area contributed by atoms with Crippen molar-refractivity contribution in [1.82, 2.24) is 14.9 Å². The van der Waals surface area contributed by atoms with Crippen LogP contribution in [0.3, 0.4) is 0 Å². The van der Waals surface area contributed by atoms with E-state index in [1.807, 2.05) is 6.92 Å². The maximum Gasteiger partial charge on any atom is 0.328 e. The molecule has 0 spiro atoms. The monoisotopic (exact) mass is 330 g/mol. The molecule has 1 aliphatic carbocycles. The van der Waals surface area contributed by atoms with Gasteiger partial charge in [0.05, 0.1) is 16.4 Å². The molecule has 0 saturated heterocycles. The molecule has 0 radical (unpaired) electrons. The van der Waals surface area contributed by atoms with Gasteiger partial charge in [0.25, 0.3) is 11.5 Å². The van der Waals surface area contributed by atoms with Gasteiger partial charge >= 0.3 is 5.69 Å². The van der Waals surface area contributed by atoms with E-state index in [1.54, 1.807) is 19.1 Å². The van der Waals surface area contributed by atoms with Crippen LogP contribution in [0, 0.1) is 5.92 Å². The molecule has 0 aliphatic heterocycles. The summed E-state index contributed by atoms with van der Waals surface area (Å²) < 4.78 is 1.13. The molecule has 4 N–H and O–H groups in total. The first-order valence-corrected chi connectivity index (χ1v) is 8.19. The number of nitrogens with one attached hydrogen (secondary N) is 2. The molecule has 1 aliphatic rings. The van der Waals surface area contributed by atoms with Crippen LogP contribution in [-0.4, -0.2) is 27.5 Å². The smallest absolute Gasteiger partial charge is 0.328 e.